The number of nitrogens with zero attached hydrogens (tertiary/aromatic N) is 2. The lowest BCUT2D eigenvalue weighted by Crippen LogP contribution is -2.07. The van der Waals surface area contributed by atoms with Crippen LogP contribution in [0, 0.1) is 0 Å². The highest BCUT2D eigenvalue weighted by molar-refractivity contribution is 7.09. The maximum absolute atomic E-state index is 4.17. The van der Waals surface area contributed by atoms with Crippen molar-refractivity contribution in [1.29, 1.82) is 0 Å². The molecular formula is C17H21N3S. The van der Waals surface area contributed by atoms with Gasteiger partial charge in [-0.15, -0.1) is 11.3 Å². The normalized spacial score (nSPS) is 11.3. The van der Waals surface area contributed by atoms with Crippen LogP contribution in [0.3, 0.4) is 0 Å². The molecule has 0 unspecified atom stereocenters. The van der Waals surface area contributed by atoms with Crippen molar-refractivity contribution in [1.82, 2.24) is 14.9 Å². The zero-order valence-electron chi connectivity index (χ0n) is 12.4. The van der Waals surface area contributed by atoms with Crippen LogP contribution < -0.4 is 5.32 Å². The summed E-state index contributed by atoms with van der Waals surface area (Å²) in [6.45, 7) is 2.02. The van der Waals surface area contributed by atoms with Gasteiger partial charge in [0.1, 0.15) is 0 Å². The standard InChI is InChI=1S/C17H21N3S/c1-18-9-5-4-6-14-11-20(12-15-10-19-13-21-15)17-8-3-2-7-16(14)17/h2-3,7-8,10-11,13,18H,4-6,9,12H2,1H3. The predicted octanol–water partition coefficient (Wildman–Crippen LogP) is 3.69. The van der Waals surface area contributed by atoms with Crippen molar-refractivity contribution in [2.45, 2.75) is 25.8 Å². The van der Waals surface area contributed by atoms with Gasteiger partial charge in [0.25, 0.3) is 0 Å². The van der Waals surface area contributed by atoms with Crippen LogP contribution in [0.4, 0.5) is 0 Å². The number of unbranched alkanes of at least 4 members (excludes halogenated alkanes) is 1. The Morgan fingerprint density at radius 1 is 1.24 bits per heavy atom. The number of aromatic nitrogens is 2. The summed E-state index contributed by atoms with van der Waals surface area (Å²) in [5, 5.41) is 4.61. The molecule has 0 aliphatic rings. The van der Waals surface area contributed by atoms with Gasteiger partial charge in [-0.2, -0.15) is 0 Å². The van der Waals surface area contributed by atoms with Gasteiger partial charge in [-0.05, 0) is 44.5 Å². The average molecular weight is 299 g/mol. The molecular weight excluding hydrogens is 278 g/mol. The quantitative estimate of drug-likeness (QED) is 0.674. The van der Waals surface area contributed by atoms with E-state index in [2.05, 4.69) is 45.3 Å². The van der Waals surface area contributed by atoms with E-state index in [1.54, 1.807) is 11.3 Å². The molecule has 0 radical (unpaired) electrons. The first-order chi connectivity index (χ1) is 10.4. The zero-order valence-corrected chi connectivity index (χ0v) is 13.2. The molecule has 0 saturated heterocycles. The molecule has 2 heterocycles. The number of hydrogen-bond donors (Lipinski definition) is 1. The predicted molar refractivity (Wildman–Crippen MR) is 90.0 cm³/mol. The highest BCUT2D eigenvalue weighted by Gasteiger charge is 2.08. The van der Waals surface area contributed by atoms with Crippen molar-refractivity contribution in [3.05, 3.63) is 52.6 Å². The van der Waals surface area contributed by atoms with Crippen molar-refractivity contribution in [2.75, 3.05) is 13.6 Å². The van der Waals surface area contributed by atoms with Gasteiger partial charge >= 0.3 is 0 Å². The van der Waals surface area contributed by atoms with Crippen LogP contribution in [0.2, 0.25) is 0 Å². The first-order valence-electron chi connectivity index (χ1n) is 7.47. The van der Waals surface area contributed by atoms with Crippen LogP contribution in [-0.2, 0) is 13.0 Å². The fraction of sp³-hybridized carbons (Fsp3) is 0.353. The molecule has 1 aromatic carbocycles. The van der Waals surface area contributed by atoms with Crippen molar-refractivity contribution >= 4 is 22.2 Å². The number of aryl methyl sites for hydroxylation is 1. The van der Waals surface area contributed by atoms with E-state index in [1.807, 2.05) is 18.8 Å². The second-order valence-corrected chi connectivity index (χ2v) is 6.30. The first-order valence-corrected chi connectivity index (χ1v) is 8.35. The summed E-state index contributed by atoms with van der Waals surface area (Å²) in [5.41, 5.74) is 4.69. The topological polar surface area (TPSA) is 29.9 Å². The summed E-state index contributed by atoms with van der Waals surface area (Å²) in [7, 11) is 2.01. The fourth-order valence-corrected chi connectivity index (χ4v) is 3.35. The Balaban J connectivity index is 1.83. The molecule has 0 saturated carbocycles. The largest absolute Gasteiger partial charge is 0.342 e. The van der Waals surface area contributed by atoms with Crippen LogP contribution in [-0.4, -0.2) is 23.1 Å². The lowest BCUT2D eigenvalue weighted by molar-refractivity contribution is 0.677. The fourth-order valence-electron chi connectivity index (χ4n) is 2.76. The lowest BCUT2D eigenvalue weighted by Gasteiger charge is -2.02. The summed E-state index contributed by atoms with van der Waals surface area (Å²) < 4.78 is 2.36. The number of rotatable bonds is 7. The van der Waals surface area contributed by atoms with Crippen LogP contribution in [0.15, 0.2) is 42.2 Å². The van der Waals surface area contributed by atoms with Gasteiger partial charge in [0.05, 0.1) is 12.1 Å². The molecule has 0 spiro atoms. The first kappa shape index (κ1) is 14.3. The number of nitrogens with one attached hydrogen (secondary N) is 1. The third-order valence-electron chi connectivity index (χ3n) is 3.80. The Morgan fingerprint density at radius 3 is 2.95 bits per heavy atom. The number of benzene rings is 1. The van der Waals surface area contributed by atoms with E-state index in [1.165, 1.54) is 34.2 Å². The van der Waals surface area contributed by atoms with Gasteiger partial charge in [-0.25, -0.2) is 0 Å². The van der Waals surface area contributed by atoms with Gasteiger partial charge in [-0.3, -0.25) is 4.98 Å². The molecule has 0 aliphatic heterocycles. The Labute approximate surface area is 129 Å². The number of thiazole rings is 1. The Kier molecular flexibility index (Phi) is 4.68. The monoisotopic (exact) mass is 299 g/mol. The summed E-state index contributed by atoms with van der Waals surface area (Å²) in [4.78, 5) is 5.48. The van der Waals surface area contributed by atoms with Crippen molar-refractivity contribution < 1.29 is 0 Å². The number of para-hydroxylation sites is 1. The van der Waals surface area contributed by atoms with E-state index >= 15 is 0 Å². The molecule has 3 aromatic rings. The second kappa shape index (κ2) is 6.87. The van der Waals surface area contributed by atoms with E-state index in [4.69, 9.17) is 0 Å². The van der Waals surface area contributed by atoms with E-state index in [-0.39, 0.29) is 0 Å². The SMILES string of the molecule is CNCCCCc1cn(Cc2cncs2)c2ccccc12. The maximum Gasteiger partial charge on any atom is 0.0794 e. The summed E-state index contributed by atoms with van der Waals surface area (Å²) in [5.74, 6) is 0. The number of fused-ring (bicyclic) bond motifs is 1. The van der Waals surface area contributed by atoms with E-state index in [0.29, 0.717) is 0 Å². The minimum atomic E-state index is 0.918. The molecule has 0 bridgehead atoms. The van der Waals surface area contributed by atoms with Gasteiger partial charge in [0.15, 0.2) is 0 Å². The van der Waals surface area contributed by atoms with Gasteiger partial charge in [0, 0.05) is 28.2 Å². The van der Waals surface area contributed by atoms with E-state index in [9.17, 15) is 0 Å². The number of hydrogen-bond acceptors (Lipinski definition) is 3. The summed E-state index contributed by atoms with van der Waals surface area (Å²) >= 11 is 1.72. The van der Waals surface area contributed by atoms with E-state index in [0.717, 1.165) is 19.5 Å². The third-order valence-corrected chi connectivity index (χ3v) is 4.57. The smallest absolute Gasteiger partial charge is 0.0794 e. The lowest BCUT2D eigenvalue weighted by atomic mass is 10.1. The van der Waals surface area contributed by atoms with Crippen LogP contribution >= 0.6 is 11.3 Å². The zero-order chi connectivity index (χ0) is 14.5. The Bertz CT molecular complexity index is 685. The van der Waals surface area contributed by atoms with Crippen LogP contribution in [0.25, 0.3) is 10.9 Å². The molecule has 110 valence electrons. The van der Waals surface area contributed by atoms with E-state index < -0.39 is 0 Å². The Morgan fingerprint density at radius 2 is 2.14 bits per heavy atom. The molecule has 0 amide bonds. The minimum Gasteiger partial charge on any atom is -0.342 e. The highest BCUT2D eigenvalue weighted by Crippen LogP contribution is 2.24. The Hall–Kier alpha value is -1.65. The maximum atomic E-state index is 4.17. The van der Waals surface area contributed by atoms with Crippen molar-refractivity contribution in [3.63, 3.8) is 0 Å². The molecule has 4 heteroatoms. The van der Waals surface area contributed by atoms with Crippen molar-refractivity contribution in [3.8, 4) is 0 Å². The molecule has 21 heavy (non-hydrogen) atoms. The molecule has 1 N–H and O–H groups in total. The van der Waals surface area contributed by atoms with Crippen LogP contribution in [0.1, 0.15) is 23.3 Å². The summed E-state index contributed by atoms with van der Waals surface area (Å²) in [6.07, 6.45) is 7.90. The average Bonchev–Trinajstić information content (AvgIpc) is 3.13. The van der Waals surface area contributed by atoms with Crippen LogP contribution in [0.5, 0.6) is 0 Å². The molecule has 0 aliphatic carbocycles. The molecule has 3 nitrogen and oxygen atoms in total. The minimum absolute atomic E-state index is 0.918. The molecule has 3 rings (SSSR count). The summed E-state index contributed by atoms with van der Waals surface area (Å²) in [6, 6.07) is 8.71. The van der Waals surface area contributed by atoms with Crippen molar-refractivity contribution in [2.24, 2.45) is 0 Å². The molecule has 0 atom stereocenters. The second-order valence-electron chi connectivity index (χ2n) is 5.33. The van der Waals surface area contributed by atoms with Gasteiger partial charge in [0.2, 0.25) is 0 Å². The molecule has 0 fully saturated rings. The molecule has 2 aromatic heterocycles. The van der Waals surface area contributed by atoms with Gasteiger partial charge in [-0.1, -0.05) is 18.2 Å². The van der Waals surface area contributed by atoms with Gasteiger partial charge < -0.3 is 9.88 Å². The third kappa shape index (κ3) is 3.34. The highest BCUT2D eigenvalue weighted by atomic mass is 32.1.